The lowest BCUT2D eigenvalue weighted by atomic mass is 10.1. The minimum absolute atomic E-state index is 0.0238. The molecule has 2 N–H and O–H groups in total. The molecule has 4 rings (SSSR count). The number of aromatic nitrogens is 2. The fourth-order valence-electron chi connectivity index (χ4n) is 3.76. The minimum Gasteiger partial charge on any atom is -0.454 e. The normalized spacial score (nSPS) is 13.0. The third-order valence-electron chi connectivity index (χ3n) is 5.61. The summed E-state index contributed by atoms with van der Waals surface area (Å²) in [6.07, 6.45) is 7.20. The lowest BCUT2D eigenvalue weighted by molar-refractivity contribution is -0.123. The maximum atomic E-state index is 13.2. The van der Waals surface area contributed by atoms with Crippen LogP contribution in [0.1, 0.15) is 29.3 Å². The molecule has 2 aromatic heterocycles. The van der Waals surface area contributed by atoms with Crippen LogP contribution < -0.4 is 25.5 Å². The number of pyridine rings is 2. The zero-order valence-corrected chi connectivity index (χ0v) is 19.8. The standard InChI is InChI=1S/C24H26N4O5S/c1-3-28-13-17(22(29)16-10-20-21(11-19(16)28)33-14-32-20)23(30)27-18(6-9-34-2)24(31)26-12-15-4-7-25-8-5-15/h4-5,7-8,10-11,13,18H,3,6,9,12,14H2,1-2H3,(H,26,31)(H,27,30). The number of thioether (sulfide) groups is 1. The van der Waals surface area contributed by atoms with Crippen LogP contribution in [0.2, 0.25) is 0 Å². The number of nitrogens with one attached hydrogen (secondary N) is 2. The van der Waals surface area contributed by atoms with Crippen LogP contribution >= 0.6 is 11.8 Å². The van der Waals surface area contributed by atoms with Gasteiger partial charge in [0.25, 0.3) is 5.91 Å². The maximum Gasteiger partial charge on any atom is 0.257 e. The molecule has 1 aromatic carbocycles. The van der Waals surface area contributed by atoms with Gasteiger partial charge in [-0.15, -0.1) is 0 Å². The summed E-state index contributed by atoms with van der Waals surface area (Å²) in [6, 6.07) is 6.20. The van der Waals surface area contributed by atoms with Crippen molar-refractivity contribution in [3.8, 4) is 11.5 Å². The van der Waals surface area contributed by atoms with Crippen LogP contribution in [0, 0.1) is 0 Å². The van der Waals surface area contributed by atoms with Gasteiger partial charge in [0.2, 0.25) is 18.1 Å². The summed E-state index contributed by atoms with van der Waals surface area (Å²) in [4.78, 5) is 43.3. The Kier molecular flexibility index (Phi) is 7.36. The zero-order valence-electron chi connectivity index (χ0n) is 19.0. The van der Waals surface area contributed by atoms with Crippen LogP contribution in [0.4, 0.5) is 0 Å². The summed E-state index contributed by atoms with van der Waals surface area (Å²) < 4.78 is 12.7. The highest BCUT2D eigenvalue weighted by Crippen LogP contribution is 2.35. The highest BCUT2D eigenvalue weighted by Gasteiger charge is 2.25. The van der Waals surface area contributed by atoms with E-state index in [0.29, 0.717) is 47.7 Å². The fraction of sp³-hybridized carbons (Fsp3) is 0.333. The fourth-order valence-corrected chi connectivity index (χ4v) is 4.23. The molecular weight excluding hydrogens is 456 g/mol. The van der Waals surface area contributed by atoms with Crippen LogP contribution in [-0.2, 0) is 17.9 Å². The number of nitrogens with zero attached hydrogens (tertiary/aromatic N) is 2. The van der Waals surface area contributed by atoms with E-state index in [1.54, 1.807) is 36.3 Å². The molecule has 0 bridgehead atoms. The number of carbonyl (C=O) groups is 2. The summed E-state index contributed by atoms with van der Waals surface area (Å²) in [5.74, 6) is 0.817. The summed E-state index contributed by atoms with van der Waals surface area (Å²) in [7, 11) is 0. The average molecular weight is 483 g/mol. The lowest BCUT2D eigenvalue weighted by Gasteiger charge is -2.19. The van der Waals surface area contributed by atoms with E-state index in [4.69, 9.17) is 9.47 Å². The molecule has 9 nitrogen and oxygen atoms in total. The Labute approximate surface area is 200 Å². The summed E-state index contributed by atoms with van der Waals surface area (Å²) in [6.45, 7) is 2.87. The van der Waals surface area contributed by atoms with Crippen molar-refractivity contribution in [2.75, 3.05) is 18.8 Å². The Morgan fingerprint density at radius 2 is 1.94 bits per heavy atom. The molecule has 0 saturated carbocycles. The van der Waals surface area contributed by atoms with Gasteiger partial charge in [-0.1, -0.05) is 0 Å². The van der Waals surface area contributed by atoms with Gasteiger partial charge in [0.1, 0.15) is 11.6 Å². The van der Waals surface area contributed by atoms with Gasteiger partial charge in [-0.3, -0.25) is 19.4 Å². The second kappa shape index (κ2) is 10.6. The van der Waals surface area contributed by atoms with Crippen LogP contribution in [0.15, 0.2) is 47.7 Å². The predicted octanol–water partition coefficient (Wildman–Crippen LogP) is 2.31. The predicted molar refractivity (Wildman–Crippen MR) is 130 cm³/mol. The van der Waals surface area contributed by atoms with Crippen LogP contribution in [0.5, 0.6) is 11.5 Å². The van der Waals surface area contributed by atoms with Crippen molar-refractivity contribution in [2.45, 2.75) is 32.5 Å². The second-order valence-corrected chi connectivity index (χ2v) is 8.75. The lowest BCUT2D eigenvalue weighted by Crippen LogP contribution is -2.47. The third kappa shape index (κ3) is 5.01. The van der Waals surface area contributed by atoms with Crippen molar-refractivity contribution in [2.24, 2.45) is 0 Å². The minimum atomic E-state index is -0.774. The number of carbonyl (C=O) groups excluding carboxylic acids is 2. The van der Waals surface area contributed by atoms with Crippen molar-refractivity contribution in [3.63, 3.8) is 0 Å². The number of hydrogen-bond donors (Lipinski definition) is 2. The van der Waals surface area contributed by atoms with Crippen molar-refractivity contribution in [3.05, 3.63) is 64.2 Å². The molecule has 178 valence electrons. The first-order valence-electron chi connectivity index (χ1n) is 10.9. The first-order valence-corrected chi connectivity index (χ1v) is 12.3. The Balaban J connectivity index is 1.58. The molecule has 2 amide bonds. The number of amides is 2. The van der Waals surface area contributed by atoms with Gasteiger partial charge in [0.05, 0.1) is 10.9 Å². The van der Waals surface area contributed by atoms with Gasteiger partial charge in [-0.2, -0.15) is 11.8 Å². The van der Waals surface area contributed by atoms with E-state index >= 15 is 0 Å². The summed E-state index contributed by atoms with van der Waals surface area (Å²) in [5.41, 5.74) is 1.11. The summed E-state index contributed by atoms with van der Waals surface area (Å²) in [5, 5.41) is 5.99. The van der Waals surface area contributed by atoms with Gasteiger partial charge in [-0.05, 0) is 49.1 Å². The highest BCUT2D eigenvalue weighted by molar-refractivity contribution is 7.98. The first-order chi connectivity index (χ1) is 16.5. The molecule has 3 aromatic rings. The van der Waals surface area contributed by atoms with Gasteiger partial charge in [0, 0.05) is 37.7 Å². The molecule has 34 heavy (non-hydrogen) atoms. The van der Waals surface area contributed by atoms with Crippen LogP contribution in [0.25, 0.3) is 10.9 Å². The van der Waals surface area contributed by atoms with Gasteiger partial charge in [0.15, 0.2) is 11.5 Å². The SMILES string of the molecule is CCn1cc(C(=O)NC(CCSC)C(=O)NCc2ccncc2)c(=O)c2cc3c(cc21)OCO3. The van der Waals surface area contributed by atoms with E-state index in [-0.39, 0.29) is 18.3 Å². The summed E-state index contributed by atoms with van der Waals surface area (Å²) >= 11 is 1.58. The van der Waals surface area contributed by atoms with E-state index < -0.39 is 17.4 Å². The van der Waals surface area contributed by atoms with E-state index in [0.717, 1.165) is 5.56 Å². The largest absolute Gasteiger partial charge is 0.454 e. The molecule has 1 atom stereocenters. The number of ether oxygens (including phenoxy) is 2. The van der Waals surface area contributed by atoms with Gasteiger partial charge < -0.3 is 24.7 Å². The Morgan fingerprint density at radius 3 is 2.65 bits per heavy atom. The van der Waals surface area contributed by atoms with Gasteiger partial charge in [-0.25, -0.2) is 0 Å². The molecule has 1 unspecified atom stereocenters. The topological polar surface area (TPSA) is 112 Å². The Hall–Kier alpha value is -3.53. The molecule has 0 radical (unpaired) electrons. The van der Waals surface area contributed by atoms with Crippen LogP contribution in [-0.4, -0.2) is 46.2 Å². The molecule has 0 aliphatic carbocycles. The van der Waals surface area contributed by atoms with Crippen molar-refractivity contribution >= 4 is 34.5 Å². The molecule has 1 aliphatic rings. The van der Waals surface area contributed by atoms with Crippen LogP contribution in [0.3, 0.4) is 0 Å². The second-order valence-electron chi connectivity index (χ2n) is 7.76. The Morgan fingerprint density at radius 1 is 1.21 bits per heavy atom. The monoisotopic (exact) mass is 482 g/mol. The molecule has 0 fully saturated rings. The first kappa shape index (κ1) is 23.6. The van der Waals surface area contributed by atoms with E-state index in [2.05, 4.69) is 15.6 Å². The number of fused-ring (bicyclic) bond motifs is 2. The number of rotatable bonds is 9. The number of benzene rings is 1. The molecule has 0 saturated heterocycles. The molecule has 0 spiro atoms. The van der Waals surface area contributed by atoms with Crippen molar-refractivity contribution < 1.29 is 19.1 Å². The van der Waals surface area contributed by atoms with Gasteiger partial charge >= 0.3 is 0 Å². The zero-order chi connectivity index (χ0) is 24.1. The van der Waals surface area contributed by atoms with E-state index in [1.807, 2.05) is 29.9 Å². The third-order valence-corrected chi connectivity index (χ3v) is 6.25. The Bertz CT molecular complexity index is 1260. The number of hydrogen-bond acceptors (Lipinski definition) is 7. The average Bonchev–Trinajstić information content (AvgIpc) is 3.32. The number of aryl methyl sites for hydroxylation is 1. The molecule has 1 aliphatic heterocycles. The van der Waals surface area contributed by atoms with Crippen molar-refractivity contribution in [1.29, 1.82) is 0 Å². The van der Waals surface area contributed by atoms with Crippen molar-refractivity contribution in [1.82, 2.24) is 20.2 Å². The molecule has 10 heteroatoms. The molecular formula is C24H26N4O5S. The maximum absolute atomic E-state index is 13.2. The van der Waals surface area contributed by atoms with E-state index in [9.17, 15) is 14.4 Å². The highest BCUT2D eigenvalue weighted by atomic mass is 32.2. The molecule has 3 heterocycles. The quantitative estimate of drug-likeness (QED) is 0.481. The van der Waals surface area contributed by atoms with E-state index in [1.165, 1.54) is 6.20 Å². The smallest absolute Gasteiger partial charge is 0.257 e.